The molecule has 0 aliphatic heterocycles. The molecule has 0 saturated heterocycles. The van der Waals surface area contributed by atoms with Gasteiger partial charge in [0.05, 0.1) is 11.1 Å². The predicted molar refractivity (Wildman–Crippen MR) is 68.7 cm³/mol. The first-order valence-electron chi connectivity index (χ1n) is 6.44. The van der Waals surface area contributed by atoms with E-state index in [1.54, 1.807) is 0 Å². The largest absolute Gasteiger partial charge is 0.376 e. The van der Waals surface area contributed by atoms with E-state index >= 15 is 0 Å². The van der Waals surface area contributed by atoms with E-state index < -0.39 is 5.54 Å². The number of amides is 1. The molecule has 0 spiro atoms. The third kappa shape index (κ3) is 5.50. The van der Waals surface area contributed by atoms with Gasteiger partial charge in [0.25, 0.3) is 0 Å². The molecular formula is C13H26N2O2. The molecular weight excluding hydrogens is 216 g/mol. The Bertz CT molecular complexity index is 269. The number of nitrogens with two attached hydrogens (primary N) is 1. The number of primary amides is 1. The predicted octanol–water partition coefficient (Wildman–Crippen LogP) is 1.58. The molecule has 17 heavy (non-hydrogen) atoms. The Kier molecular flexibility index (Phi) is 4.55. The lowest BCUT2D eigenvalue weighted by atomic mass is 9.95. The number of carbonyl (C=O) groups is 1. The molecule has 0 bridgehead atoms. The lowest BCUT2D eigenvalue weighted by Gasteiger charge is -2.28. The standard InChI is InChI=1S/C13H26N2O2/c1-12(2,3)17-9-5-8-13(4,11(14)16)15-10-6-7-10/h10,15H,5-9H2,1-4H3,(H2,14,16). The van der Waals surface area contributed by atoms with Crippen LogP contribution in [-0.2, 0) is 9.53 Å². The van der Waals surface area contributed by atoms with E-state index in [1.807, 2.05) is 27.7 Å². The summed E-state index contributed by atoms with van der Waals surface area (Å²) in [6.07, 6.45) is 3.88. The minimum atomic E-state index is -0.581. The van der Waals surface area contributed by atoms with E-state index in [4.69, 9.17) is 10.5 Å². The summed E-state index contributed by atoms with van der Waals surface area (Å²) >= 11 is 0. The van der Waals surface area contributed by atoms with Crippen LogP contribution in [0.3, 0.4) is 0 Å². The zero-order valence-corrected chi connectivity index (χ0v) is 11.5. The van der Waals surface area contributed by atoms with Crippen LogP contribution in [0.5, 0.6) is 0 Å². The fourth-order valence-electron chi connectivity index (χ4n) is 1.75. The molecule has 1 rings (SSSR count). The van der Waals surface area contributed by atoms with Gasteiger partial charge >= 0.3 is 0 Å². The molecule has 0 aromatic carbocycles. The Morgan fingerprint density at radius 1 is 1.35 bits per heavy atom. The molecule has 4 nitrogen and oxygen atoms in total. The van der Waals surface area contributed by atoms with E-state index in [0.717, 1.165) is 25.7 Å². The molecule has 1 unspecified atom stereocenters. The number of rotatable bonds is 7. The maximum atomic E-state index is 11.5. The minimum absolute atomic E-state index is 0.118. The molecule has 0 heterocycles. The number of ether oxygens (including phenoxy) is 1. The van der Waals surface area contributed by atoms with Crippen molar-refractivity contribution in [1.29, 1.82) is 0 Å². The maximum Gasteiger partial charge on any atom is 0.237 e. The van der Waals surface area contributed by atoms with Gasteiger partial charge in [-0.25, -0.2) is 0 Å². The molecule has 1 aliphatic rings. The summed E-state index contributed by atoms with van der Waals surface area (Å²) in [5, 5.41) is 3.33. The fourth-order valence-corrected chi connectivity index (χ4v) is 1.75. The smallest absolute Gasteiger partial charge is 0.237 e. The number of hydrogen-bond donors (Lipinski definition) is 2. The molecule has 1 saturated carbocycles. The van der Waals surface area contributed by atoms with Gasteiger partial charge in [-0.2, -0.15) is 0 Å². The third-order valence-corrected chi connectivity index (χ3v) is 3.00. The average molecular weight is 242 g/mol. The highest BCUT2D eigenvalue weighted by Crippen LogP contribution is 2.24. The van der Waals surface area contributed by atoms with Crippen LogP contribution in [0.4, 0.5) is 0 Å². The molecule has 4 heteroatoms. The van der Waals surface area contributed by atoms with Gasteiger partial charge in [0.15, 0.2) is 0 Å². The lowest BCUT2D eigenvalue weighted by molar-refractivity contribution is -0.124. The maximum absolute atomic E-state index is 11.5. The van der Waals surface area contributed by atoms with Gasteiger partial charge in [0, 0.05) is 12.6 Å². The minimum Gasteiger partial charge on any atom is -0.376 e. The summed E-state index contributed by atoms with van der Waals surface area (Å²) in [6.45, 7) is 8.65. The summed E-state index contributed by atoms with van der Waals surface area (Å²) in [4.78, 5) is 11.5. The average Bonchev–Trinajstić information content (AvgIpc) is 2.94. The monoisotopic (exact) mass is 242 g/mol. The molecule has 0 radical (unpaired) electrons. The molecule has 0 aromatic heterocycles. The van der Waals surface area contributed by atoms with Crippen molar-refractivity contribution in [3.63, 3.8) is 0 Å². The van der Waals surface area contributed by atoms with Crippen molar-refractivity contribution in [2.75, 3.05) is 6.61 Å². The second kappa shape index (κ2) is 5.36. The van der Waals surface area contributed by atoms with Crippen LogP contribution in [0, 0.1) is 0 Å². The highest BCUT2D eigenvalue weighted by atomic mass is 16.5. The highest BCUT2D eigenvalue weighted by Gasteiger charge is 2.36. The van der Waals surface area contributed by atoms with Gasteiger partial charge in [-0.3, -0.25) is 4.79 Å². The summed E-state index contributed by atoms with van der Waals surface area (Å²) in [5.74, 6) is -0.264. The molecule has 100 valence electrons. The Labute approximate surface area is 104 Å². The van der Waals surface area contributed by atoms with E-state index in [2.05, 4.69) is 5.32 Å². The van der Waals surface area contributed by atoms with E-state index in [1.165, 1.54) is 0 Å². The molecule has 1 atom stereocenters. The van der Waals surface area contributed by atoms with Gasteiger partial charge in [0.1, 0.15) is 0 Å². The van der Waals surface area contributed by atoms with E-state index in [9.17, 15) is 4.79 Å². The van der Waals surface area contributed by atoms with Crippen LogP contribution >= 0.6 is 0 Å². The van der Waals surface area contributed by atoms with Gasteiger partial charge in [-0.15, -0.1) is 0 Å². The van der Waals surface area contributed by atoms with Gasteiger partial charge in [-0.05, 0) is 53.4 Å². The molecule has 1 aliphatic carbocycles. The van der Waals surface area contributed by atoms with Crippen LogP contribution in [0.25, 0.3) is 0 Å². The zero-order chi connectivity index (χ0) is 13.1. The van der Waals surface area contributed by atoms with Crippen LogP contribution < -0.4 is 11.1 Å². The van der Waals surface area contributed by atoms with Gasteiger partial charge < -0.3 is 15.8 Å². The summed E-state index contributed by atoms with van der Waals surface area (Å²) < 4.78 is 5.65. The van der Waals surface area contributed by atoms with Crippen LogP contribution in [-0.4, -0.2) is 29.7 Å². The van der Waals surface area contributed by atoms with Crippen molar-refractivity contribution in [3.8, 4) is 0 Å². The summed E-state index contributed by atoms with van der Waals surface area (Å²) in [6, 6.07) is 0.482. The lowest BCUT2D eigenvalue weighted by Crippen LogP contribution is -2.54. The quantitative estimate of drug-likeness (QED) is 0.666. The second-order valence-corrected chi connectivity index (χ2v) is 6.18. The summed E-state index contributed by atoms with van der Waals surface area (Å²) in [7, 11) is 0. The SMILES string of the molecule is CC(C)(C)OCCCC(C)(NC1CC1)C(N)=O. The van der Waals surface area contributed by atoms with Crippen molar-refractivity contribution >= 4 is 5.91 Å². The third-order valence-electron chi connectivity index (χ3n) is 3.00. The van der Waals surface area contributed by atoms with Gasteiger partial charge in [-0.1, -0.05) is 0 Å². The first-order valence-corrected chi connectivity index (χ1v) is 6.44. The topological polar surface area (TPSA) is 64.3 Å². The van der Waals surface area contributed by atoms with Crippen molar-refractivity contribution < 1.29 is 9.53 Å². The number of carbonyl (C=O) groups excluding carboxylic acids is 1. The van der Waals surface area contributed by atoms with Crippen molar-refractivity contribution in [2.45, 2.75) is 70.6 Å². The van der Waals surface area contributed by atoms with E-state index in [-0.39, 0.29) is 11.5 Å². The Morgan fingerprint density at radius 2 is 1.94 bits per heavy atom. The normalized spacial score (nSPS) is 20.0. The highest BCUT2D eigenvalue weighted by molar-refractivity contribution is 5.84. The molecule has 3 N–H and O–H groups in total. The van der Waals surface area contributed by atoms with Crippen molar-refractivity contribution in [2.24, 2.45) is 5.73 Å². The first kappa shape index (κ1) is 14.5. The van der Waals surface area contributed by atoms with Crippen molar-refractivity contribution in [1.82, 2.24) is 5.32 Å². The number of hydrogen-bond acceptors (Lipinski definition) is 3. The Morgan fingerprint density at radius 3 is 2.35 bits per heavy atom. The summed E-state index contributed by atoms with van der Waals surface area (Å²) in [5.41, 5.74) is 4.77. The Balaban J connectivity index is 2.31. The van der Waals surface area contributed by atoms with Crippen molar-refractivity contribution in [3.05, 3.63) is 0 Å². The molecule has 1 amide bonds. The second-order valence-electron chi connectivity index (χ2n) is 6.18. The molecule has 0 aromatic rings. The Hall–Kier alpha value is -0.610. The fraction of sp³-hybridized carbons (Fsp3) is 0.923. The van der Waals surface area contributed by atoms with Crippen LogP contribution in [0.15, 0.2) is 0 Å². The molecule has 1 fully saturated rings. The van der Waals surface area contributed by atoms with E-state index in [0.29, 0.717) is 12.6 Å². The first-order chi connectivity index (χ1) is 7.73. The van der Waals surface area contributed by atoms with Gasteiger partial charge in [0.2, 0.25) is 5.91 Å². The van der Waals surface area contributed by atoms with Crippen LogP contribution in [0.1, 0.15) is 53.4 Å². The zero-order valence-electron chi connectivity index (χ0n) is 11.5. The number of nitrogens with one attached hydrogen (secondary N) is 1. The van der Waals surface area contributed by atoms with Crippen LogP contribution in [0.2, 0.25) is 0 Å².